The summed E-state index contributed by atoms with van der Waals surface area (Å²) in [6.45, 7) is 7.15. The van der Waals surface area contributed by atoms with Crippen molar-refractivity contribution in [3.05, 3.63) is 59.7 Å². The molecule has 0 aliphatic heterocycles. The molecule has 8 nitrogen and oxygen atoms in total. The Hall–Kier alpha value is -2.91. The molecule has 0 radical (unpaired) electrons. The first-order chi connectivity index (χ1) is 13.8. The summed E-state index contributed by atoms with van der Waals surface area (Å²) in [7, 11) is -2.11. The minimum atomic E-state index is -3.77. The van der Waals surface area contributed by atoms with Crippen LogP contribution in [0.15, 0.2) is 53.4 Å². The van der Waals surface area contributed by atoms with E-state index in [0.717, 1.165) is 5.56 Å². The van der Waals surface area contributed by atoms with Gasteiger partial charge in [0, 0.05) is 18.3 Å². The summed E-state index contributed by atoms with van der Waals surface area (Å²) < 4.78 is 28.0. The number of nitrogens with zero attached hydrogens (tertiary/aromatic N) is 1. The minimum absolute atomic E-state index is 0.0144. The zero-order valence-corrected chi connectivity index (χ0v) is 18.5. The molecule has 0 saturated carbocycles. The molecule has 0 saturated heterocycles. The van der Waals surface area contributed by atoms with Crippen LogP contribution in [0.5, 0.6) is 0 Å². The summed E-state index contributed by atoms with van der Waals surface area (Å²) in [6.07, 6.45) is -0.574. The van der Waals surface area contributed by atoms with Gasteiger partial charge in [0.05, 0.1) is 10.9 Å². The zero-order valence-electron chi connectivity index (χ0n) is 17.7. The van der Waals surface area contributed by atoms with Crippen LogP contribution in [0.4, 0.5) is 10.5 Å². The number of ether oxygens (including phenoxy) is 1. The lowest BCUT2D eigenvalue weighted by Crippen LogP contribution is -2.29. The first-order valence-corrected chi connectivity index (χ1v) is 10.8. The van der Waals surface area contributed by atoms with Gasteiger partial charge < -0.3 is 9.64 Å². The van der Waals surface area contributed by atoms with Crippen molar-refractivity contribution in [2.45, 2.75) is 44.2 Å². The number of primary sulfonamides is 1. The second kappa shape index (κ2) is 8.85. The number of carbonyl (C=O) groups is 2. The van der Waals surface area contributed by atoms with Gasteiger partial charge in [0.15, 0.2) is 0 Å². The van der Waals surface area contributed by atoms with Gasteiger partial charge in [0.25, 0.3) is 5.91 Å². The Bertz CT molecular complexity index is 1010. The van der Waals surface area contributed by atoms with Crippen LogP contribution in [0.2, 0.25) is 0 Å². The van der Waals surface area contributed by atoms with Crippen LogP contribution in [0.3, 0.4) is 0 Å². The predicted octanol–water partition coefficient (Wildman–Crippen LogP) is 3.51. The molecule has 30 heavy (non-hydrogen) atoms. The number of sulfonamides is 1. The lowest BCUT2D eigenvalue weighted by atomic mass is 10.1. The van der Waals surface area contributed by atoms with E-state index in [1.54, 1.807) is 69.1 Å². The molecule has 2 aromatic carbocycles. The average Bonchev–Trinajstić information content (AvgIpc) is 2.64. The lowest BCUT2D eigenvalue weighted by Gasteiger charge is -2.25. The van der Waals surface area contributed by atoms with Gasteiger partial charge in [-0.1, -0.05) is 12.1 Å². The number of amides is 2. The Balaban J connectivity index is 2.07. The molecule has 0 aliphatic carbocycles. The maximum Gasteiger partial charge on any atom is 0.412 e. The number of hydrogen-bond acceptors (Lipinski definition) is 5. The number of hydrogen-bond donors (Lipinski definition) is 2. The van der Waals surface area contributed by atoms with Crippen molar-refractivity contribution in [1.82, 2.24) is 4.90 Å². The Labute approximate surface area is 177 Å². The van der Waals surface area contributed by atoms with Crippen LogP contribution in [-0.4, -0.2) is 38.0 Å². The fourth-order valence-corrected chi connectivity index (χ4v) is 3.17. The monoisotopic (exact) mass is 433 g/mol. The maximum atomic E-state index is 12.8. The van der Waals surface area contributed by atoms with E-state index in [9.17, 15) is 18.0 Å². The molecule has 2 amide bonds. The summed E-state index contributed by atoms with van der Waals surface area (Å²) in [5, 5.41) is 7.73. The highest BCUT2D eigenvalue weighted by Crippen LogP contribution is 2.23. The van der Waals surface area contributed by atoms with Gasteiger partial charge in [-0.05, 0) is 69.7 Å². The average molecular weight is 434 g/mol. The van der Waals surface area contributed by atoms with E-state index in [1.165, 1.54) is 12.1 Å². The molecule has 9 heteroatoms. The van der Waals surface area contributed by atoms with Gasteiger partial charge in [-0.25, -0.2) is 18.4 Å². The van der Waals surface area contributed by atoms with E-state index in [4.69, 9.17) is 9.88 Å². The smallest absolute Gasteiger partial charge is 0.412 e. The molecule has 1 atom stereocenters. The van der Waals surface area contributed by atoms with Crippen LogP contribution >= 0.6 is 0 Å². The number of benzene rings is 2. The highest BCUT2D eigenvalue weighted by Gasteiger charge is 2.20. The van der Waals surface area contributed by atoms with E-state index in [2.05, 4.69) is 5.32 Å². The van der Waals surface area contributed by atoms with E-state index in [0.29, 0.717) is 11.3 Å². The summed E-state index contributed by atoms with van der Waals surface area (Å²) in [4.78, 5) is 26.2. The summed E-state index contributed by atoms with van der Waals surface area (Å²) in [5.74, 6) is -0.221. The standard InChI is InChI=1S/C21H27N3O5S/c1-14(15-8-12-18(13-9-15)30(22,27)28)24(5)19(25)16-6-10-17(11-7-16)23-20(26)29-21(2,3)4/h6-14H,1-5H3,(H,23,26)(H2,22,27,28). The van der Waals surface area contributed by atoms with Crippen LogP contribution in [0.25, 0.3) is 0 Å². The third-order valence-corrected chi connectivity index (χ3v) is 5.30. The molecule has 2 aromatic rings. The zero-order chi connectivity index (χ0) is 22.7. The van der Waals surface area contributed by atoms with Crippen molar-refractivity contribution < 1.29 is 22.7 Å². The van der Waals surface area contributed by atoms with Gasteiger partial charge in [0.1, 0.15) is 5.60 Å². The summed E-state index contributed by atoms with van der Waals surface area (Å²) >= 11 is 0. The number of rotatable bonds is 5. The predicted molar refractivity (Wildman–Crippen MR) is 115 cm³/mol. The molecule has 162 valence electrons. The minimum Gasteiger partial charge on any atom is -0.444 e. The molecule has 0 bridgehead atoms. The lowest BCUT2D eigenvalue weighted by molar-refractivity contribution is 0.0635. The molecule has 2 rings (SSSR count). The van der Waals surface area contributed by atoms with Crippen molar-refractivity contribution >= 4 is 27.7 Å². The Morgan fingerprint density at radius 2 is 1.57 bits per heavy atom. The second-order valence-electron chi connectivity index (χ2n) is 7.91. The van der Waals surface area contributed by atoms with Gasteiger partial charge in [-0.15, -0.1) is 0 Å². The Morgan fingerprint density at radius 3 is 2.03 bits per heavy atom. The highest BCUT2D eigenvalue weighted by atomic mass is 32.2. The number of carbonyl (C=O) groups excluding carboxylic acids is 2. The Kier molecular flexibility index (Phi) is 6.89. The fourth-order valence-electron chi connectivity index (χ4n) is 2.66. The summed E-state index contributed by atoms with van der Waals surface area (Å²) in [5.41, 5.74) is 1.11. The quantitative estimate of drug-likeness (QED) is 0.748. The number of nitrogens with one attached hydrogen (secondary N) is 1. The van der Waals surface area contributed by atoms with Crippen LogP contribution in [-0.2, 0) is 14.8 Å². The molecular formula is C21H27N3O5S. The van der Waals surface area contributed by atoms with Gasteiger partial charge in [-0.3, -0.25) is 10.1 Å². The van der Waals surface area contributed by atoms with Gasteiger partial charge in [0.2, 0.25) is 10.0 Å². The number of anilines is 1. The topological polar surface area (TPSA) is 119 Å². The molecular weight excluding hydrogens is 406 g/mol. The molecule has 3 N–H and O–H groups in total. The van der Waals surface area contributed by atoms with E-state index < -0.39 is 21.7 Å². The van der Waals surface area contributed by atoms with Gasteiger partial charge in [-0.2, -0.15) is 0 Å². The molecule has 0 fully saturated rings. The largest absolute Gasteiger partial charge is 0.444 e. The van der Waals surface area contributed by atoms with Crippen LogP contribution in [0.1, 0.15) is 49.7 Å². The van der Waals surface area contributed by atoms with Crippen LogP contribution < -0.4 is 10.5 Å². The SMILES string of the molecule is CC(c1ccc(S(N)(=O)=O)cc1)N(C)C(=O)c1ccc(NC(=O)OC(C)(C)C)cc1. The summed E-state index contributed by atoms with van der Waals surface area (Å²) in [6, 6.07) is 12.3. The van der Waals surface area contributed by atoms with Gasteiger partial charge >= 0.3 is 6.09 Å². The van der Waals surface area contributed by atoms with Crippen LogP contribution in [0, 0.1) is 0 Å². The van der Waals surface area contributed by atoms with E-state index in [1.807, 2.05) is 6.92 Å². The maximum absolute atomic E-state index is 12.8. The molecule has 0 aromatic heterocycles. The second-order valence-corrected chi connectivity index (χ2v) is 9.47. The van der Waals surface area contributed by atoms with E-state index >= 15 is 0 Å². The third-order valence-electron chi connectivity index (χ3n) is 4.37. The molecule has 1 unspecified atom stereocenters. The number of nitrogens with two attached hydrogens (primary N) is 1. The molecule has 0 aliphatic rings. The fraction of sp³-hybridized carbons (Fsp3) is 0.333. The first kappa shape index (κ1) is 23.4. The third kappa shape index (κ3) is 6.30. The van der Waals surface area contributed by atoms with E-state index in [-0.39, 0.29) is 16.8 Å². The first-order valence-electron chi connectivity index (χ1n) is 9.28. The normalized spacial score (nSPS) is 12.7. The van der Waals surface area contributed by atoms with Crippen molar-refractivity contribution in [3.8, 4) is 0 Å². The molecule has 0 spiro atoms. The van der Waals surface area contributed by atoms with Crippen molar-refractivity contribution in [2.24, 2.45) is 5.14 Å². The van der Waals surface area contributed by atoms with Crippen molar-refractivity contribution in [2.75, 3.05) is 12.4 Å². The highest BCUT2D eigenvalue weighted by molar-refractivity contribution is 7.89. The van der Waals surface area contributed by atoms with Crippen molar-refractivity contribution in [1.29, 1.82) is 0 Å². The van der Waals surface area contributed by atoms with Crippen molar-refractivity contribution in [3.63, 3.8) is 0 Å². The molecule has 0 heterocycles. The Morgan fingerprint density at radius 1 is 1.03 bits per heavy atom.